The maximum Gasteiger partial charge on any atom is 0.154 e. The van der Waals surface area contributed by atoms with Gasteiger partial charge in [-0.2, -0.15) is 0 Å². The van der Waals surface area contributed by atoms with E-state index in [4.69, 9.17) is 9.47 Å². The average molecular weight is 172 g/mol. The summed E-state index contributed by atoms with van der Waals surface area (Å²) in [6.45, 7) is 5.22. The van der Waals surface area contributed by atoms with Crippen molar-refractivity contribution in [2.45, 2.75) is 38.4 Å². The van der Waals surface area contributed by atoms with Gasteiger partial charge in [0.25, 0.3) is 0 Å². The first-order valence-corrected chi connectivity index (χ1v) is 4.69. The Morgan fingerprint density at radius 2 is 2.42 bits per heavy atom. The molecular weight excluding hydrogens is 155 g/mol. The number of hydrogen-bond donors (Lipinski definition) is 1. The molecule has 1 aliphatic heterocycles. The van der Waals surface area contributed by atoms with Crippen LogP contribution in [0.3, 0.4) is 0 Å². The van der Waals surface area contributed by atoms with E-state index >= 15 is 0 Å². The summed E-state index contributed by atoms with van der Waals surface area (Å²) in [7, 11) is 0.972. The fourth-order valence-electron chi connectivity index (χ4n) is 1.46. The lowest BCUT2D eigenvalue weighted by Crippen LogP contribution is -2.26. The van der Waals surface area contributed by atoms with Crippen LogP contribution in [0.1, 0.15) is 13.3 Å². The monoisotopic (exact) mass is 172 g/mol. The van der Waals surface area contributed by atoms with E-state index in [-0.39, 0.29) is 18.2 Å². The summed E-state index contributed by atoms with van der Waals surface area (Å²) < 4.78 is 10.7. The Balaban J connectivity index is 2.25. The summed E-state index contributed by atoms with van der Waals surface area (Å²) >= 11 is 0. The van der Waals surface area contributed by atoms with Gasteiger partial charge < -0.3 is 14.6 Å². The van der Waals surface area contributed by atoms with E-state index in [1.54, 1.807) is 0 Å². The molecule has 0 spiro atoms. The van der Waals surface area contributed by atoms with E-state index in [9.17, 15) is 5.11 Å². The number of aliphatic hydroxyl groups excluding tert-OH is 1. The first kappa shape index (κ1) is 10.0. The lowest BCUT2D eigenvalue weighted by molar-refractivity contribution is -0.0281. The fourth-order valence-corrected chi connectivity index (χ4v) is 1.46. The molecule has 0 saturated carbocycles. The molecule has 4 heteroatoms. The Morgan fingerprint density at radius 3 is 2.92 bits per heavy atom. The van der Waals surface area contributed by atoms with Gasteiger partial charge >= 0.3 is 0 Å². The third-order valence-electron chi connectivity index (χ3n) is 2.24. The van der Waals surface area contributed by atoms with E-state index in [1.165, 1.54) is 0 Å². The zero-order chi connectivity index (χ0) is 8.97. The summed E-state index contributed by atoms with van der Waals surface area (Å²) in [5, 5.41) is 9.51. The molecular formula is C8H17BO3. The topological polar surface area (TPSA) is 38.7 Å². The normalized spacial score (nSPS) is 35.4. The number of rotatable bonds is 4. The van der Waals surface area contributed by atoms with E-state index in [0.29, 0.717) is 13.2 Å². The highest BCUT2D eigenvalue weighted by Gasteiger charge is 2.32. The summed E-state index contributed by atoms with van der Waals surface area (Å²) in [5.41, 5.74) is 0. The molecule has 0 bridgehead atoms. The van der Waals surface area contributed by atoms with Crippen molar-refractivity contribution >= 4 is 7.28 Å². The van der Waals surface area contributed by atoms with Crippen LogP contribution in [0.2, 0.25) is 6.82 Å². The maximum absolute atomic E-state index is 9.51. The van der Waals surface area contributed by atoms with Crippen molar-refractivity contribution in [3.8, 4) is 0 Å². The maximum atomic E-state index is 9.51. The molecule has 1 fully saturated rings. The van der Waals surface area contributed by atoms with E-state index in [1.807, 2.05) is 6.92 Å². The van der Waals surface area contributed by atoms with Crippen molar-refractivity contribution < 1.29 is 14.6 Å². The third kappa shape index (κ3) is 2.47. The van der Waals surface area contributed by atoms with E-state index in [2.05, 4.69) is 6.82 Å². The Labute approximate surface area is 74.3 Å². The van der Waals surface area contributed by atoms with Gasteiger partial charge in [-0.1, -0.05) is 6.82 Å². The Kier molecular flexibility index (Phi) is 4.05. The molecule has 1 unspecified atom stereocenters. The smallest absolute Gasteiger partial charge is 0.154 e. The van der Waals surface area contributed by atoms with Gasteiger partial charge in [0.1, 0.15) is 6.10 Å². The van der Waals surface area contributed by atoms with Gasteiger partial charge in [-0.05, 0) is 13.3 Å². The molecule has 3 atom stereocenters. The molecule has 1 N–H and O–H groups in total. The van der Waals surface area contributed by atoms with Crippen molar-refractivity contribution in [2.24, 2.45) is 0 Å². The van der Waals surface area contributed by atoms with Gasteiger partial charge in [0.05, 0.1) is 12.7 Å². The lowest BCUT2D eigenvalue weighted by Gasteiger charge is -2.13. The average Bonchev–Trinajstić information content (AvgIpc) is 2.43. The zero-order valence-corrected chi connectivity index (χ0v) is 7.82. The summed E-state index contributed by atoms with van der Waals surface area (Å²) in [4.78, 5) is 0. The second-order valence-electron chi connectivity index (χ2n) is 3.17. The lowest BCUT2D eigenvalue weighted by atomic mass is 9.73. The third-order valence-corrected chi connectivity index (χ3v) is 2.24. The van der Waals surface area contributed by atoms with Gasteiger partial charge in [-0.25, -0.2) is 0 Å². The van der Waals surface area contributed by atoms with Crippen LogP contribution in [-0.2, 0) is 9.47 Å². The molecule has 12 heavy (non-hydrogen) atoms. The van der Waals surface area contributed by atoms with Gasteiger partial charge in [0.2, 0.25) is 0 Å². The van der Waals surface area contributed by atoms with Crippen molar-refractivity contribution in [1.82, 2.24) is 0 Å². The highest BCUT2D eigenvalue weighted by molar-refractivity contribution is 6.35. The standard InChI is InChI=1S/C8H17BO3/c1-3-11-5-7-6(10)4-8(9-2)12-7/h6-10H,3-5H2,1-2H3/t6?,7-,8-/m1/s1. The Morgan fingerprint density at radius 1 is 1.67 bits per heavy atom. The molecule has 70 valence electrons. The first-order valence-electron chi connectivity index (χ1n) is 4.69. The van der Waals surface area contributed by atoms with Crippen molar-refractivity contribution in [3.63, 3.8) is 0 Å². The predicted octanol–water partition coefficient (Wildman–Crippen LogP) is -0.0166. The molecule has 0 amide bonds. The molecule has 1 aliphatic rings. The van der Waals surface area contributed by atoms with Crippen molar-refractivity contribution in [1.29, 1.82) is 0 Å². The molecule has 1 rings (SSSR count). The van der Waals surface area contributed by atoms with Crippen LogP contribution in [0.5, 0.6) is 0 Å². The predicted molar refractivity (Wildman–Crippen MR) is 48.8 cm³/mol. The first-order chi connectivity index (χ1) is 5.77. The molecule has 0 aliphatic carbocycles. The van der Waals surface area contributed by atoms with Crippen molar-refractivity contribution in [2.75, 3.05) is 13.2 Å². The molecule has 3 nitrogen and oxygen atoms in total. The number of aliphatic hydroxyl groups is 1. The van der Waals surface area contributed by atoms with Gasteiger partial charge in [-0.3, -0.25) is 0 Å². The second-order valence-corrected chi connectivity index (χ2v) is 3.17. The van der Waals surface area contributed by atoms with E-state index < -0.39 is 0 Å². The van der Waals surface area contributed by atoms with Gasteiger partial charge in [-0.15, -0.1) is 0 Å². The largest absolute Gasteiger partial charge is 0.390 e. The summed E-state index contributed by atoms with van der Waals surface area (Å²) in [5.74, 6) is 0. The Bertz CT molecular complexity index is 131. The second kappa shape index (κ2) is 4.85. The molecule has 0 aromatic heterocycles. The molecule has 1 saturated heterocycles. The van der Waals surface area contributed by atoms with Crippen LogP contribution in [0, 0.1) is 0 Å². The highest BCUT2D eigenvalue weighted by atomic mass is 16.6. The van der Waals surface area contributed by atoms with Crippen LogP contribution < -0.4 is 0 Å². The Hall–Kier alpha value is -0.0551. The zero-order valence-electron chi connectivity index (χ0n) is 7.82. The number of hydrogen-bond acceptors (Lipinski definition) is 3. The highest BCUT2D eigenvalue weighted by Crippen LogP contribution is 2.19. The molecule has 0 aromatic carbocycles. The van der Waals surface area contributed by atoms with E-state index in [0.717, 1.165) is 13.7 Å². The summed E-state index contributed by atoms with van der Waals surface area (Å²) in [6, 6.07) is 0.227. The van der Waals surface area contributed by atoms with Gasteiger partial charge in [0, 0.05) is 12.6 Å². The SMILES string of the molecule is CB[C@H]1CC(O)[C@@H](COCC)O1. The van der Waals surface area contributed by atoms with Gasteiger partial charge in [0.15, 0.2) is 7.28 Å². The van der Waals surface area contributed by atoms with Crippen LogP contribution >= 0.6 is 0 Å². The minimum Gasteiger partial charge on any atom is -0.390 e. The van der Waals surface area contributed by atoms with Crippen LogP contribution in [-0.4, -0.2) is 43.8 Å². The number of ether oxygens (including phenoxy) is 2. The van der Waals surface area contributed by atoms with Crippen LogP contribution in [0.25, 0.3) is 0 Å². The minimum atomic E-state index is -0.332. The van der Waals surface area contributed by atoms with Crippen LogP contribution in [0.15, 0.2) is 0 Å². The van der Waals surface area contributed by atoms with Crippen LogP contribution in [0.4, 0.5) is 0 Å². The molecule has 0 radical (unpaired) electrons. The molecule has 1 heterocycles. The fraction of sp³-hybridized carbons (Fsp3) is 1.00. The minimum absolute atomic E-state index is 0.102. The summed E-state index contributed by atoms with van der Waals surface area (Å²) in [6.07, 6.45) is 0.324. The quantitative estimate of drug-likeness (QED) is 0.606. The molecule has 0 aromatic rings. The van der Waals surface area contributed by atoms with Crippen molar-refractivity contribution in [3.05, 3.63) is 0 Å².